The average molecular weight is 278 g/mol. The number of amides is 1. The monoisotopic (exact) mass is 278 g/mol. The molecule has 0 saturated carbocycles. The van der Waals surface area contributed by atoms with Crippen LogP contribution >= 0.6 is 0 Å². The van der Waals surface area contributed by atoms with Gasteiger partial charge in [0.2, 0.25) is 0 Å². The Balaban J connectivity index is 2.07. The normalized spacial score (nSPS) is 18.5. The van der Waals surface area contributed by atoms with Crippen molar-refractivity contribution in [1.82, 2.24) is 15.5 Å². The second-order valence-corrected chi connectivity index (χ2v) is 4.66. The smallest absolute Gasteiger partial charge is 0.310 e. The van der Waals surface area contributed by atoms with Crippen molar-refractivity contribution in [1.29, 1.82) is 0 Å². The summed E-state index contributed by atoms with van der Waals surface area (Å²) in [4.78, 5) is 25.0. The summed E-state index contributed by atoms with van der Waals surface area (Å²) >= 11 is 0. The largest absolute Gasteiger partial charge is 0.469 e. The van der Waals surface area contributed by atoms with Crippen molar-refractivity contribution >= 4 is 17.7 Å². The van der Waals surface area contributed by atoms with Crippen molar-refractivity contribution < 1.29 is 14.3 Å². The van der Waals surface area contributed by atoms with E-state index < -0.39 is 0 Å². The maximum Gasteiger partial charge on any atom is 0.310 e. The molecule has 1 aliphatic rings. The number of piperidine rings is 1. The highest BCUT2D eigenvalue weighted by Gasteiger charge is 2.27. The Kier molecular flexibility index (Phi) is 4.49. The molecule has 0 spiro atoms. The minimum Gasteiger partial charge on any atom is -0.469 e. The molecule has 0 radical (unpaired) electrons. The molecule has 1 unspecified atom stereocenters. The lowest BCUT2D eigenvalue weighted by Gasteiger charge is -2.31. The Bertz CT molecular complexity index is 489. The summed E-state index contributed by atoms with van der Waals surface area (Å²) in [5.41, 5.74) is 0.276. The number of methoxy groups -OCH3 is 1. The minimum atomic E-state index is -0.268. The van der Waals surface area contributed by atoms with Gasteiger partial charge in [0.25, 0.3) is 5.91 Å². The number of carbonyl (C=O) groups excluding carboxylic acids is 2. The standard InChI is InChI=1S/C13H18N4O3/c1-14-12(18)10-5-6-11(16-15-10)17-7-3-4-9(8-17)13(19)20-2/h5-6,9H,3-4,7-8H2,1-2H3,(H,14,18). The number of anilines is 1. The summed E-state index contributed by atoms with van der Waals surface area (Å²) in [6, 6.07) is 3.38. The highest BCUT2D eigenvalue weighted by molar-refractivity contribution is 5.91. The molecule has 1 aliphatic heterocycles. The third-order valence-corrected chi connectivity index (χ3v) is 3.39. The van der Waals surface area contributed by atoms with E-state index >= 15 is 0 Å². The fourth-order valence-corrected chi connectivity index (χ4v) is 2.29. The van der Waals surface area contributed by atoms with E-state index in [1.807, 2.05) is 4.90 Å². The minimum absolute atomic E-state index is 0.130. The lowest BCUT2D eigenvalue weighted by molar-refractivity contribution is -0.145. The molecule has 7 heteroatoms. The molecular weight excluding hydrogens is 260 g/mol. The van der Waals surface area contributed by atoms with Crippen LogP contribution in [0.5, 0.6) is 0 Å². The number of ether oxygens (including phenoxy) is 1. The topological polar surface area (TPSA) is 84.4 Å². The van der Waals surface area contributed by atoms with Crippen molar-refractivity contribution in [3.8, 4) is 0 Å². The first kappa shape index (κ1) is 14.2. The summed E-state index contributed by atoms with van der Waals surface area (Å²) < 4.78 is 4.78. The van der Waals surface area contributed by atoms with Gasteiger partial charge in [-0.1, -0.05) is 0 Å². The van der Waals surface area contributed by atoms with E-state index in [2.05, 4.69) is 15.5 Å². The second-order valence-electron chi connectivity index (χ2n) is 4.66. The second kappa shape index (κ2) is 6.31. The predicted octanol–water partition coefficient (Wildman–Crippen LogP) is 0.226. The number of nitrogens with one attached hydrogen (secondary N) is 1. The van der Waals surface area contributed by atoms with Gasteiger partial charge in [0.15, 0.2) is 11.5 Å². The highest BCUT2D eigenvalue weighted by Crippen LogP contribution is 2.22. The van der Waals surface area contributed by atoms with Crippen LogP contribution in [-0.4, -0.2) is 49.3 Å². The molecule has 7 nitrogen and oxygen atoms in total. The van der Waals surface area contributed by atoms with E-state index in [4.69, 9.17) is 4.74 Å². The van der Waals surface area contributed by atoms with E-state index in [1.54, 1.807) is 19.2 Å². The summed E-state index contributed by atoms with van der Waals surface area (Å²) in [6.07, 6.45) is 1.73. The van der Waals surface area contributed by atoms with Crippen LogP contribution in [0.2, 0.25) is 0 Å². The maximum atomic E-state index is 11.6. The lowest BCUT2D eigenvalue weighted by Crippen LogP contribution is -2.39. The zero-order valence-corrected chi connectivity index (χ0v) is 11.6. The van der Waals surface area contributed by atoms with Crippen molar-refractivity contribution in [2.24, 2.45) is 5.92 Å². The van der Waals surface area contributed by atoms with E-state index in [0.717, 1.165) is 19.4 Å². The van der Waals surface area contributed by atoms with E-state index in [0.29, 0.717) is 12.4 Å². The molecule has 1 saturated heterocycles. The SMILES string of the molecule is CNC(=O)c1ccc(N2CCCC(C(=O)OC)C2)nn1. The molecule has 0 aliphatic carbocycles. The molecule has 0 bridgehead atoms. The number of nitrogens with zero attached hydrogens (tertiary/aromatic N) is 3. The molecule has 2 rings (SSSR count). The van der Waals surface area contributed by atoms with Gasteiger partial charge in [0.05, 0.1) is 13.0 Å². The Morgan fingerprint density at radius 1 is 1.40 bits per heavy atom. The first-order valence-corrected chi connectivity index (χ1v) is 6.54. The van der Waals surface area contributed by atoms with E-state index in [9.17, 15) is 9.59 Å². The van der Waals surface area contributed by atoms with Gasteiger partial charge >= 0.3 is 5.97 Å². The molecule has 1 atom stereocenters. The predicted molar refractivity (Wildman–Crippen MR) is 72.4 cm³/mol. The molecule has 108 valence electrons. The van der Waals surface area contributed by atoms with Crippen molar-refractivity contribution in [3.05, 3.63) is 17.8 Å². The molecule has 20 heavy (non-hydrogen) atoms. The van der Waals surface area contributed by atoms with Crippen LogP contribution in [0.1, 0.15) is 23.3 Å². The number of hydrogen-bond donors (Lipinski definition) is 1. The fraction of sp³-hybridized carbons (Fsp3) is 0.538. The Morgan fingerprint density at radius 2 is 2.20 bits per heavy atom. The van der Waals surface area contributed by atoms with E-state index in [-0.39, 0.29) is 23.5 Å². The number of carbonyl (C=O) groups is 2. The molecule has 1 aromatic rings. The molecular formula is C13H18N4O3. The number of esters is 1. The Labute approximate surface area is 117 Å². The summed E-state index contributed by atoms with van der Waals surface area (Å²) in [6.45, 7) is 1.39. The van der Waals surface area contributed by atoms with Gasteiger partial charge in [0, 0.05) is 20.1 Å². The van der Waals surface area contributed by atoms with Crippen molar-refractivity contribution in [3.63, 3.8) is 0 Å². The van der Waals surface area contributed by atoms with Crippen LogP contribution in [0.15, 0.2) is 12.1 Å². The van der Waals surface area contributed by atoms with Gasteiger partial charge in [-0.2, -0.15) is 0 Å². The third-order valence-electron chi connectivity index (χ3n) is 3.39. The van der Waals surface area contributed by atoms with Gasteiger partial charge < -0.3 is 15.0 Å². The van der Waals surface area contributed by atoms with Gasteiger partial charge in [-0.3, -0.25) is 9.59 Å². The maximum absolute atomic E-state index is 11.6. The Hall–Kier alpha value is -2.18. The fourth-order valence-electron chi connectivity index (χ4n) is 2.29. The zero-order chi connectivity index (χ0) is 14.5. The molecule has 2 heterocycles. The first-order chi connectivity index (χ1) is 9.65. The van der Waals surface area contributed by atoms with Crippen LogP contribution < -0.4 is 10.2 Å². The highest BCUT2D eigenvalue weighted by atomic mass is 16.5. The number of rotatable bonds is 3. The van der Waals surface area contributed by atoms with Gasteiger partial charge in [-0.25, -0.2) is 0 Å². The molecule has 1 aromatic heterocycles. The van der Waals surface area contributed by atoms with Crippen LogP contribution in [0.4, 0.5) is 5.82 Å². The summed E-state index contributed by atoms with van der Waals surface area (Å²) in [5, 5.41) is 10.4. The van der Waals surface area contributed by atoms with Crippen LogP contribution in [0.3, 0.4) is 0 Å². The molecule has 0 aromatic carbocycles. The van der Waals surface area contributed by atoms with E-state index in [1.165, 1.54) is 7.11 Å². The lowest BCUT2D eigenvalue weighted by atomic mass is 9.98. The van der Waals surface area contributed by atoms with Crippen LogP contribution in [-0.2, 0) is 9.53 Å². The van der Waals surface area contributed by atoms with Crippen molar-refractivity contribution in [2.75, 3.05) is 32.1 Å². The number of aromatic nitrogens is 2. The Morgan fingerprint density at radius 3 is 2.80 bits per heavy atom. The summed E-state index contributed by atoms with van der Waals surface area (Å²) in [7, 11) is 2.95. The quantitative estimate of drug-likeness (QED) is 0.797. The van der Waals surface area contributed by atoms with Crippen LogP contribution in [0, 0.1) is 5.92 Å². The van der Waals surface area contributed by atoms with Crippen LogP contribution in [0.25, 0.3) is 0 Å². The van der Waals surface area contributed by atoms with Crippen molar-refractivity contribution in [2.45, 2.75) is 12.8 Å². The number of hydrogen-bond acceptors (Lipinski definition) is 6. The van der Waals surface area contributed by atoms with Gasteiger partial charge in [-0.15, -0.1) is 10.2 Å². The third kappa shape index (κ3) is 3.04. The van der Waals surface area contributed by atoms with Gasteiger partial charge in [0.1, 0.15) is 0 Å². The molecule has 1 fully saturated rings. The molecule has 1 amide bonds. The first-order valence-electron chi connectivity index (χ1n) is 6.54. The molecule has 1 N–H and O–H groups in total. The summed E-state index contributed by atoms with van der Waals surface area (Å²) in [5.74, 6) is 0.0835. The van der Waals surface area contributed by atoms with Gasteiger partial charge in [-0.05, 0) is 25.0 Å². The zero-order valence-electron chi connectivity index (χ0n) is 11.6. The average Bonchev–Trinajstić information content (AvgIpc) is 2.53.